The van der Waals surface area contributed by atoms with Crippen LogP contribution in [0.25, 0.3) is 0 Å². The molecule has 3 atom stereocenters. The van der Waals surface area contributed by atoms with E-state index in [9.17, 15) is 23.1 Å². The third-order valence-corrected chi connectivity index (χ3v) is 2.66. The number of β-amino-alcohol motifs (C(OH)–C–C–N with tert-alkyl or cyclic N) is 1. The van der Waals surface area contributed by atoms with Gasteiger partial charge < -0.3 is 19.7 Å². The second kappa shape index (κ2) is 7.77. The van der Waals surface area contributed by atoms with E-state index in [-0.39, 0.29) is 19.3 Å². The molecule has 0 bridgehead atoms. The zero-order valence-electron chi connectivity index (χ0n) is 11.5. The normalized spacial score (nSPS) is 18.4. The van der Waals surface area contributed by atoms with Crippen molar-refractivity contribution in [3.63, 3.8) is 0 Å². The van der Waals surface area contributed by atoms with Crippen LogP contribution in [-0.2, 0) is 14.3 Å². The third kappa shape index (κ3) is 5.61. The molecule has 0 heterocycles. The Bertz CT molecular complexity index is 313. The molecular weight excluding hydrogens is 283 g/mol. The number of halogens is 3. The van der Waals surface area contributed by atoms with Gasteiger partial charge >= 0.3 is 12.1 Å². The first kappa shape index (κ1) is 19.1. The summed E-state index contributed by atoms with van der Waals surface area (Å²) in [5.41, 5.74) is -3.12. The summed E-state index contributed by atoms with van der Waals surface area (Å²) in [6.45, 7) is 1.64. The van der Waals surface area contributed by atoms with Gasteiger partial charge in [0.15, 0.2) is 0 Å². The van der Waals surface area contributed by atoms with E-state index in [1.807, 2.05) is 0 Å². The summed E-state index contributed by atoms with van der Waals surface area (Å²) in [7, 11) is 1.46. The molecule has 20 heavy (non-hydrogen) atoms. The van der Waals surface area contributed by atoms with Crippen LogP contribution < -0.4 is 5.32 Å². The Balaban J connectivity index is 4.33. The van der Waals surface area contributed by atoms with E-state index in [1.54, 1.807) is 12.2 Å². The average Bonchev–Trinajstić information content (AvgIpc) is 2.32. The van der Waals surface area contributed by atoms with Crippen molar-refractivity contribution in [2.75, 3.05) is 26.9 Å². The summed E-state index contributed by atoms with van der Waals surface area (Å²) in [4.78, 5) is 10.7. The molecule has 0 spiro atoms. The van der Waals surface area contributed by atoms with E-state index < -0.39 is 30.3 Å². The van der Waals surface area contributed by atoms with E-state index in [0.29, 0.717) is 6.92 Å². The zero-order chi connectivity index (χ0) is 16.0. The largest absolute Gasteiger partial charge is 0.480 e. The van der Waals surface area contributed by atoms with Gasteiger partial charge in [-0.2, -0.15) is 13.2 Å². The van der Waals surface area contributed by atoms with Crippen LogP contribution in [0.1, 0.15) is 13.8 Å². The molecule has 0 saturated carbocycles. The van der Waals surface area contributed by atoms with Gasteiger partial charge in [0, 0.05) is 13.7 Å². The Morgan fingerprint density at radius 3 is 2.30 bits per heavy atom. The highest BCUT2D eigenvalue weighted by molar-refractivity contribution is 5.79. The number of nitrogens with one attached hydrogen (secondary N) is 1. The van der Waals surface area contributed by atoms with Crippen molar-refractivity contribution in [2.24, 2.45) is 0 Å². The number of rotatable bonds is 9. The second-order valence-corrected chi connectivity index (χ2v) is 4.56. The van der Waals surface area contributed by atoms with Gasteiger partial charge in [-0.1, -0.05) is 0 Å². The van der Waals surface area contributed by atoms with Gasteiger partial charge in [-0.15, -0.1) is 0 Å². The van der Waals surface area contributed by atoms with Gasteiger partial charge in [-0.3, -0.25) is 5.32 Å². The molecule has 0 fully saturated rings. The van der Waals surface area contributed by atoms with Crippen molar-refractivity contribution >= 4 is 5.97 Å². The number of aliphatic carboxylic acids is 1. The van der Waals surface area contributed by atoms with Crippen molar-refractivity contribution in [3.8, 4) is 0 Å². The highest BCUT2D eigenvalue weighted by Gasteiger charge is 2.57. The van der Waals surface area contributed by atoms with Gasteiger partial charge in [-0.25, -0.2) is 4.79 Å². The van der Waals surface area contributed by atoms with Gasteiger partial charge in [-0.05, 0) is 13.8 Å². The number of alkyl halides is 3. The van der Waals surface area contributed by atoms with Crippen LogP contribution in [-0.4, -0.2) is 67.0 Å². The summed E-state index contributed by atoms with van der Waals surface area (Å²) >= 11 is 0. The summed E-state index contributed by atoms with van der Waals surface area (Å²) < 4.78 is 47.8. The number of hydrogen-bond acceptors (Lipinski definition) is 5. The lowest BCUT2D eigenvalue weighted by Gasteiger charge is -2.29. The minimum atomic E-state index is -4.98. The fraction of sp³-hybridized carbons (Fsp3) is 0.909. The molecule has 0 aromatic heterocycles. The highest BCUT2D eigenvalue weighted by Crippen LogP contribution is 2.30. The summed E-state index contributed by atoms with van der Waals surface area (Å²) in [5, 5.41) is 20.0. The van der Waals surface area contributed by atoms with Crippen LogP contribution in [0.4, 0.5) is 13.2 Å². The summed E-state index contributed by atoms with van der Waals surface area (Å²) in [6, 6.07) is 0. The molecule has 6 nitrogen and oxygen atoms in total. The molecule has 0 rings (SSSR count). The number of carboxylic acid groups (broad SMARTS) is 1. The Labute approximate surface area is 114 Å². The lowest BCUT2D eigenvalue weighted by molar-refractivity contribution is -0.206. The van der Waals surface area contributed by atoms with Crippen molar-refractivity contribution in [1.29, 1.82) is 0 Å². The van der Waals surface area contributed by atoms with Gasteiger partial charge in [0.25, 0.3) is 0 Å². The SMILES string of the molecule is COCC(C)OCC(O)CNC(C)(C(=O)O)C(F)(F)F. The Hall–Kier alpha value is -0.900. The minimum absolute atomic E-state index is 0.231. The predicted molar refractivity (Wildman–Crippen MR) is 63.4 cm³/mol. The van der Waals surface area contributed by atoms with E-state index >= 15 is 0 Å². The molecule has 9 heteroatoms. The standard InChI is InChI=1S/C11H20F3NO5/c1-7(5-19-3)20-6-8(16)4-15-10(2,9(17)18)11(12,13)14/h7-8,15-16H,4-6H2,1-3H3,(H,17,18). The molecule has 0 radical (unpaired) electrons. The quantitative estimate of drug-likeness (QED) is 0.571. The first-order valence-corrected chi connectivity index (χ1v) is 5.88. The van der Waals surface area contributed by atoms with Crippen LogP contribution in [0.3, 0.4) is 0 Å². The number of carbonyl (C=O) groups is 1. The summed E-state index contributed by atoms with van der Waals surface area (Å²) in [5.74, 6) is -2.06. The number of ether oxygens (including phenoxy) is 2. The number of aliphatic hydroxyl groups is 1. The Morgan fingerprint density at radius 1 is 1.35 bits per heavy atom. The Morgan fingerprint density at radius 2 is 1.90 bits per heavy atom. The topological polar surface area (TPSA) is 88.0 Å². The molecule has 0 aromatic rings. The van der Waals surface area contributed by atoms with Crippen molar-refractivity contribution in [1.82, 2.24) is 5.32 Å². The number of carboxylic acids is 1. The maximum atomic E-state index is 12.6. The lowest BCUT2D eigenvalue weighted by atomic mass is 10.0. The van der Waals surface area contributed by atoms with Crippen LogP contribution in [0.15, 0.2) is 0 Å². The molecule has 0 aliphatic heterocycles. The smallest absolute Gasteiger partial charge is 0.417 e. The first-order valence-electron chi connectivity index (χ1n) is 5.88. The molecule has 0 saturated heterocycles. The average molecular weight is 303 g/mol. The van der Waals surface area contributed by atoms with Crippen molar-refractivity contribution in [2.45, 2.75) is 37.8 Å². The molecule has 0 aromatic carbocycles. The molecule has 3 unspecified atom stereocenters. The zero-order valence-corrected chi connectivity index (χ0v) is 11.5. The van der Waals surface area contributed by atoms with Crippen LogP contribution in [0, 0.1) is 0 Å². The van der Waals surface area contributed by atoms with Crippen molar-refractivity contribution < 1.29 is 37.7 Å². The third-order valence-electron chi connectivity index (χ3n) is 2.66. The molecule has 0 aliphatic carbocycles. The van der Waals surface area contributed by atoms with E-state index in [0.717, 1.165) is 0 Å². The fourth-order valence-electron chi connectivity index (χ4n) is 1.24. The van der Waals surface area contributed by atoms with Gasteiger partial charge in [0.05, 0.1) is 25.4 Å². The van der Waals surface area contributed by atoms with Crippen LogP contribution in [0.2, 0.25) is 0 Å². The maximum Gasteiger partial charge on any atom is 0.417 e. The second-order valence-electron chi connectivity index (χ2n) is 4.56. The monoisotopic (exact) mass is 303 g/mol. The van der Waals surface area contributed by atoms with Gasteiger partial charge in [0.1, 0.15) is 0 Å². The number of hydrogen-bond donors (Lipinski definition) is 3. The fourth-order valence-corrected chi connectivity index (χ4v) is 1.24. The molecular formula is C11H20F3NO5. The summed E-state index contributed by atoms with van der Waals surface area (Å²) in [6.07, 6.45) is -6.58. The molecule has 0 aliphatic rings. The van der Waals surface area contributed by atoms with Crippen molar-refractivity contribution in [3.05, 3.63) is 0 Å². The van der Waals surface area contributed by atoms with E-state index in [4.69, 9.17) is 14.6 Å². The molecule has 120 valence electrons. The Kier molecular flexibility index (Phi) is 7.42. The first-order chi connectivity index (χ1) is 9.04. The predicted octanol–water partition coefficient (Wildman–Crippen LogP) is 0.394. The lowest BCUT2D eigenvalue weighted by Crippen LogP contribution is -2.61. The van der Waals surface area contributed by atoms with Crippen LogP contribution in [0.5, 0.6) is 0 Å². The molecule has 3 N–H and O–H groups in total. The minimum Gasteiger partial charge on any atom is -0.480 e. The highest BCUT2D eigenvalue weighted by atomic mass is 19.4. The van der Waals surface area contributed by atoms with E-state index in [2.05, 4.69) is 0 Å². The van der Waals surface area contributed by atoms with Gasteiger partial charge in [0.2, 0.25) is 5.54 Å². The molecule has 0 amide bonds. The maximum absolute atomic E-state index is 12.6. The number of aliphatic hydroxyl groups excluding tert-OH is 1. The van der Waals surface area contributed by atoms with Crippen LogP contribution >= 0.6 is 0 Å². The number of methoxy groups -OCH3 is 1. The van der Waals surface area contributed by atoms with E-state index in [1.165, 1.54) is 7.11 Å².